The zero-order chi connectivity index (χ0) is 14.1. The van der Waals surface area contributed by atoms with Crippen molar-refractivity contribution < 1.29 is 14.3 Å². The molecule has 0 aliphatic heterocycles. The molecule has 104 valence electrons. The number of hydrogen-bond donors (Lipinski definition) is 2. The molecule has 0 heterocycles. The Hall–Kier alpha value is -2.01. The first kappa shape index (κ1) is 15.0. The van der Waals surface area contributed by atoms with Crippen molar-refractivity contribution in [3.8, 4) is 11.5 Å². The Kier molecular flexibility index (Phi) is 6.46. The normalized spacial score (nSPS) is 9.79. The summed E-state index contributed by atoms with van der Waals surface area (Å²) in [4.78, 5) is 11.4. The molecule has 1 aromatic carbocycles. The van der Waals surface area contributed by atoms with Crippen molar-refractivity contribution in [2.45, 2.75) is 6.54 Å². The number of rotatable bonds is 8. The fraction of sp³-hybridized carbons (Fsp3) is 0.357. The molecule has 5 heteroatoms. The molecule has 1 amide bonds. The van der Waals surface area contributed by atoms with Crippen molar-refractivity contribution in [3.63, 3.8) is 0 Å². The van der Waals surface area contributed by atoms with Gasteiger partial charge >= 0.3 is 0 Å². The Morgan fingerprint density at radius 2 is 2.21 bits per heavy atom. The highest BCUT2D eigenvalue weighted by atomic mass is 16.5. The molecule has 0 aliphatic rings. The minimum Gasteiger partial charge on any atom is -0.493 e. The van der Waals surface area contributed by atoms with E-state index in [0.717, 1.165) is 12.1 Å². The number of nitrogens with one attached hydrogen (secondary N) is 2. The van der Waals surface area contributed by atoms with Gasteiger partial charge in [-0.25, -0.2) is 0 Å². The van der Waals surface area contributed by atoms with E-state index >= 15 is 0 Å². The molecule has 0 unspecified atom stereocenters. The van der Waals surface area contributed by atoms with Crippen molar-refractivity contribution in [2.24, 2.45) is 0 Å². The fourth-order valence-corrected chi connectivity index (χ4v) is 1.53. The highest BCUT2D eigenvalue weighted by molar-refractivity contribution is 5.77. The molecule has 5 nitrogen and oxygen atoms in total. The second-order valence-electron chi connectivity index (χ2n) is 3.90. The lowest BCUT2D eigenvalue weighted by atomic mass is 10.2. The van der Waals surface area contributed by atoms with Gasteiger partial charge in [-0.3, -0.25) is 4.79 Å². The highest BCUT2D eigenvalue weighted by Gasteiger charge is 2.08. The largest absolute Gasteiger partial charge is 0.493 e. The first-order valence-electron chi connectivity index (χ1n) is 6.03. The number of hydrogen-bond acceptors (Lipinski definition) is 4. The molecule has 19 heavy (non-hydrogen) atoms. The van der Waals surface area contributed by atoms with Gasteiger partial charge < -0.3 is 20.1 Å². The van der Waals surface area contributed by atoms with Gasteiger partial charge in [0.05, 0.1) is 7.11 Å². The molecular formula is C14H20N2O3. The third-order valence-corrected chi connectivity index (χ3v) is 2.41. The second-order valence-corrected chi connectivity index (χ2v) is 3.90. The topological polar surface area (TPSA) is 59.6 Å². The van der Waals surface area contributed by atoms with Crippen LogP contribution in [0.3, 0.4) is 0 Å². The summed E-state index contributed by atoms with van der Waals surface area (Å²) in [6.07, 6.45) is 1.62. The van der Waals surface area contributed by atoms with E-state index in [4.69, 9.17) is 9.47 Å². The lowest BCUT2D eigenvalue weighted by Gasteiger charge is -2.12. The molecule has 0 spiro atoms. The van der Waals surface area contributed by atoms with Crippen molar-refractivity contribution in [1.82, 2.24) is 10.6 Å². The Labute approximate surface area is 113 Å². The van der Waals surface area contributed by atoms with Gasteiger partial charge in [0.2, 0.25) is 0 Å². The van der Waals surface area contributed by atoms with Gasteiger partial charge in [-0.05, 0) is 24.7 Å². The van der Waals surface area contributed by atoms with Crippen molar-refractivity contribution >= 4 is 5.91 Å². The van der Waals surface area contributed by atoms with Crippen LogP contribution < -0.4 is 20.1 Å². The minimum atomic E-state index is -0.193. The van der Waals surface area contributed by atoms with Crippen molar-refractivity contribution in [3.05, 3.63) is 36.4 Å². The summed E-state index contributed by atoms with van der Waals surface area (Å²) < 4.78 is 10.7. The quantitative estimate of drug-likeness (QED) is 0.690. The summed E-state index contributed by atoms with van der Waals surface area (Å²) in [5.74, 6) is 0.974. The van der Waals surface area contributed by atoms with Gasteiger partial charge in [-0.1, -0.05) is 12.1 Å². The summed E-state index contributed by atoms with van der Waals surface area (Å²) >= 11 is 0. The Bertz CT molecular complexity index is 433. The zero-order valence-electron chi connectivity index (χ0n) is 11.4. The lowest BCUT2D eigenvalue weighted by Crippen LogP contribution is -2.28. The van der Waals surface area contributed by atoms with Crippen LogP contribution in [0, 0.1) is 0 Å². The van der Waals surface area contributed by atoms with Gasteiger partial charge in [0.1, 0.15) is 0 Å². The first-order valence-corrected chi connectivity index (χ1v) is 6.03. The summed E-state index contributed by atoms with van der Waals surface area (Å²) in [7, 11) is 3.45. The van der Waals surface area contributed by atoms with Crippen LogP contribution in [-0.4, -0.2) is 33.2 Å². The van der Waals surface area contributed by atoms with E-state index in [9.17, 15) is 4.79 Å². The van der Waals surface area contributed by atoms with E-state index < -0.39 is 0 Å². The number of methoxy groups -OCH3 is 1. The van der Waals surface area contributed by atoms with Crippen LogP contribution in [-0.2, 0) is 11.3 Å². The third kappa shape index (κ3) is 5.01. The molecule has 1 rings (SSSR count). The Balaban J connectivity index is 2.62. The number of carbonyl (C=O) groups excluding carboxylic acids is 1. The van der Waals surface area contributed by atoms with Gasteiger partial charge in [0, 0.05) is 13.1 Å². The molecule has 0 aromatic heterocycles. The number of amides is 1. The van der Waals surface area contributed by atoms with Gasteiger partial charge in [-0.15, -0.1) is 6.58 Å². The number of carbonyl (C=O) groups is 1. The van der Waals surface area contributed by atoms with E-state index in [0.29, 0.717) is 18.0 Å². The molecular weight excluding hydrogens is 244 g/mol. The summed E-state index contributed by atoms with van der Waals surface area (Å²) in [5, 5.41) is 5.70. The molecule has 0 saturated carbocycles. The summed E-state index contributed by atoms with van der Waals surface area (Å²) in [5.41, 5.74) is 1.09. The molecule has 1 aromatic rings. The molecule has 0 atom stereocenters. The molecule has 0 radical (unpaired) electrons. The Morgan fingerprint density at radius 3 is 2.84 bits per heavy atom. The predicted molar refractivity (Wildman–Crippen MR) is 74.5 cm³/mol. The SMILES string of the molecule is C=CCNC(=O)COc1ccc(CNC)cc1OC. The highest BCUT2D eigenvalue weighted by Crippen LogP contribution is 2.27. The predicted octanol–water partition coefficient (Wildman–Crippen LogP) is 1.10. The zero-order valence-corrected chi connectivity index (χ0v) is 11.4. The average molecular weight is 264 g/mol. The first-order chi connectivity index (χ1) is 9.21. The van der Waals surface area contributed by atoms with E-state index in [1.54, 1.807) is 19.3 Å². The van der Waals surface area contributed by atoms with E-state index in [1.807, 2.05) is 19.2 Å². The van der Waals surface area contributed by atoms with Crippen LogP contribution in [0.25, 0.3) is 0 Å². The van der Waals surface area contributed by atoms with Gasteiger partial charge in [0.15, 0.2) is 18.1 Å². The Morgan fingerprint density at radius 1 is 1.42 bits per heavy atom. The summed E-state index contributed by atoms with van der Waals surface area (Å²) in [6.45, 7) is 4.66. The second kappa shape index (κ2) is 8.16. The monoisotopic (exact) mass is 264 g/mol. The van der Waals surface area contributed by atoms with Crippen molar-refractivity contribution in [1.29, 1.82) is 0 Å². The molecule has 2 N–H and O–H groups in total. The van der Waals surface area contributed by atoms with Crippen molar-refractivity contribution in [2.75, 3.05) is 27.3 Å². The van der Waals surface area contributed by atoms with Crippen LogP contribution in [0.2, 0.25) is 0 Å². The molecule has 0 aliphatic carbocycles. The lowest BCUT2D eigenvalue weighted by molar-refractivity contribution is -0.122. The molecule has 0 bridgehead atoms. The standard InChI is InChI=1S/C14H20N2O3/c1-4-7-16-14(17)10-19-12-6-5-11(9-15-2)8-13(12)18-3/h4-6,8,15H,1,7,9-10H2,2-3H3,(H,16,17). The van der Waals surface area contributed by atoms with Crippen LogP contribution >= 0.6 is 0 Å². The smallest absolute Gasteiger partial charge is 0.258 e. The van der Waals surface area contributed by atoms with Crippen LogP contribution in [0.5, 0.6) is 11.5 Å². The van der Waals surface area contributed by atoms with E-state index in [1.165, 1.54) is 0 Å². The fourth-order valence-electron chi connectivity index (χ4n) is 1.53. The molecule has 0 fully saturated rings. The minimum absolute atomic E-state index is 0.0461. The maximum atomic E-state index is 11.4. The summed E-state index contributed by atoms with van der Waals surface area (Å²) in [6, 6.07) is 5.61. The van der Waals surface area contributed by atoms with E-state index in [-0.39, 0.29) is 12.5 Å². The third-order valence-electron chi connectivity index (χ3n) is 2.41. The number of benzene rings is 1. The molecule has 0 saturated heterocycles. The van der Waals surface area contributed by atoms with Crippen LogP contribution in [0.4, 0.5) is 0 Å². The average Bonchev–Trinajstić information content (AvgIpc) is 2.43. The van der Waals surface area contributed by atoms with Gasteiger partial charge in [-0.2, -0.15) is 0 Å². The van der Waals surface area contributed by atoms with E-state index in [2.05, 4.69) is 17.2 Å². The van der Waals surface area contributed by atoms with Crippen LogP contribution in [0.15, 0.2) is 30.9 Å². The van der Waals surface area contributed by atoms with Gasteiger partial charge in [0.25, 0.3) is 5.91 Å². The maximum Gasteiger partial charge on any atom is 0.258 e. The number of ether oxygens (including phenoxy) is 2. The maximum absolute atomic E-state index is 11.4. The van der Waals surface area contributed by atoms with Crippen LogP contribution in [0.1, 0.15) is 5.56 Å².